The molecule has 0 saturated carbocycles. The average molecular weight is 590 g/mol. The molecular formula is C29H28F5N5OS. The maximum Gasteiger partial charge on any atom is 0.417 e. The van der Waals surface area contributed by atoms with E-state index in [9.17, 15) is 26.7 Å². The van der Waals surface area contributed by atoms with Crippen molar-refractivity contribution >= 4 is 28.5 Å². The molecule has 0 bridgehead atoms. The molecule has 2 unspecified atom stereocenters. The van der Waals surface area contributed by atoms with E-state index in [2.05, 4.69) is 15.3 Å². The summed E-state index contributed by atoms with van der Waals surface area (Å²) in [5.41, 5.74) is -0.542. The highest BCUT2D eigenvalue weighted by Gasteiger charge is 2.38. The lowest BCUT2D eigenvalue weighted by molar-refractivity contribution is -0.137. The Balaban J connectivity index is 0.000000423. The quantitative estimate of drug-likeness (QED) is 0.284. The summed E-state index contributed by atoms with van der Waals surface area (Å²) in [6.07, 6.45) is -1.33. The Kier molecular flexibility index (Phi) is 8.32. The molecule has 2 aliphatic heterocycles. The van der Waals surface area contributed by atoms with Crippen molar-refractivity contribution in [3.8, 4) is 11.1 Å². The van der Waals surface area contributed by atoms with E-state index in [0.717, 1.165) is 18.2 Å². The number of anilines is 1. The molecule has 41 heavy (non-hydrogen) atoms. The molecule has 0 amide bonds. The first-order valence-corrected chi connectivity index (χ1v) is 14.2. The van der Waals surface area contributed by atoms with Gasteiger partial charge in [-0.3, -0.25) is 9.55 Å². The van der Waals surface area contributed by atoms with Gasteiger partial charge in [-0.15, -0.1) is 11.8 Å². The van der Waals surface area contributed by atoms with Gasteiger partial charge in [0.1, 0.15) is 17.5 Å². The van der Waals surface area contributed by atoms with Crippen LogP contribution in [0, 0.1) is 11.6 Å². The van der Waals surface area contributed by atoms with E-state index < -0.39 is 23.2 Å². The molecule has 2 atom stereocenters. The Hall–Kier alpha value is -3.51. The summed E-state index contributed by atoms with van der Waals surface area (Å²) in [7, 11) is 0. The van der Waals surface area contributed by atoms with Crippen molar-refractivity contribution in [3.05, 3.63) is 82.5 Å². The van der Waals surface area contributed by atoms with Crippen LogP contribution in [0.2, 0.25) is 0 Å². The van der Waals surface area contributed by atoms with Gasteiger partial charge in [-0.25, -0.2) is 13.6 Å². The van der Waals surface area contributed by atoms with Gasteiger partial charge in [-0.2, -0.15) is 18.2 Å². The summed E-state index contributed by atoms with van der Waals surface area (Å²) >= 11 is 1.31. The first-order chi connectivity index (χ1) is 19.5. The highest BCUT2D eigenvalue weighted by molar-refractivity contribution is 7.99. The fourth-order valence-electron chi connectivity index (χ4n) is 5.35. The lowest BCUT2D eigenvalue weighted by Crippen LogP contribution is -2.55. The predicted octanol–water partition coefficient (Wildman–Crippen LogP) is 6.12. The van der Waals surface area contributed by atoms with Crippen LogP contribution in [-0.4, -0.2) is 45.5 Å². The van der Waals surface area contributed by atoms with E-state index in [1.54, 1.807) is 6.07 Å². The van der Waals surface area contributed by atoms with Crippen molar-refractivity contribution < 1.29 is 22.0 Å². The number of rotatable bonds is 2. The second-order valence-electron chi connectivity index (χ2n) is 10.1. The zero-order valence-electron chi connectivity index (χ0n) is 22.4. The molecule has 12 heteroatoms. The number of hydrogen-bond donors (Lipinski definition) is 1. The molecule has 1 fully saturated rings. The van der Waals surface area contributed by atoms with E-state index in [1.165, 1.54) is 46.9 Å². The van der Waals surface area contributed by atoms with E-state index in [-0.39, 0.29) is 34.8 Å². The average Bonchev–Trinajstić information content (AvgIpc) is 3.15. The summed E-state index contributed by atoms with van der Waals surface area (Å²) in [5.74, 6) is 0.0313. The van der Waals surface area contributed by atoms with Gasteiger partial charge in [-0.05, 0) is 61.9 Å². The van der Waals surface area contributed by atoms with Crippen LogP contribution >= 0.6 is 11.8 Å². The zero-order valence-corrected chi connectivity index (χ0v) is 23.2. The number of halogens is 5. The van der Waals surface area contributed by atoms with E-state index >= 15 is 0 Å². The molecule has 2 aliphatic rings. The molecule has 1 N–H and O–H groups in total. The number of thioether (sulfide) groups is 1. The van der Waals surface area contributed by atoms with Crippen LogP contribution in [0.5, 0.6) is 0 Å². The molecular weight excluding hydrogens is 561 g/mol. The topological polar surface area (TPSA) is 63.1 Å². The summed E-state index contributed by atoms with van der Waals surface area (Å²) in [4.78, 5) is 23.2. The fraction of sp³-hybridized carbons (Fsp3) is 0.345. The van der Waals surface area contributed by atoms with Crippen LogP contribution in [0.3, 0.4) is 0 Å². The van der Waals surface area contributed by atoms with Crippen molar-refractivity contribution in [2.24, 2.45) is 0 Å². The summed E-state index contributed by atoms with van der Waals surface area (Å²) < 4.78 is 70.3. The third-order valence-corrected chi connectivity index (χ3v) is 8.07. The molecule has 2 aromatic heterocycles. The van der Waals surface area contributed by atoms with Crippen LogP contribution in [-0.2, 0) is 12.7 Å². The minimum Gasteiger partial charge on any atom is -0.353 e. The second-order valence-corrected chi connectivity index (χ2v) is 11.3. The first-order valence-electron chi connectivity index (χ1n) is 13.2. The SMILES string of the molecule is CC1CN(c2nc(=O)n3c4c(c(-c5ccc(F)cc5)c(C(F)(F)F)cc24)SCCC3)CC(C)N1.Fc1cccnc1. The number of hydrogen-bond acceptors (Lipinski definition) is 6. The number of pyridine rings is 1. The van der Waals surface area contributed by atoms with Crippen LogP contribution in [0.25, 0.3) is 22.0 Å². The van der Waals surface area contributed by atoms with Crippen molar-refractivity contribution in [2.45, 2.75) is 50.0 Å². The molecule has 0 spiro atoms. The number of alkyl halides is 3. The highest BCUT2D eigenvalue weighted by atomic mass is 32.2. The van der Waals surface area contributed by atoms with Gasteiger partial charge in [0.25, 0.3) is 0 Å². The molecule has 1 saturated heterocycles. The van der Waals surface area contributed by atoms with Crippen molar-refractivity contribution in [1.29, 1.82) is 0 Å². The number of benzene rings is 2. The Morgan fingerprint density at radius 1 is 1.02 bits per heavy atom. The molecule has 4 heterocycles. The third kappa shape index (κ3) is 6.23. The maximum absolute atomic E-state index is 14.5. The van der Waals surface area contributed by atoms with Gasteiger partial charge in [-0.1, -0.05) is 12.1 Å². The minimum atomic E-state index is -4.65. The van der Waals surface area contributed by atoms with Crippen LogP contribution in [0.15, 0.2) is 64.5 Å². The largest absolute Gasteiger partial charge is 0.417 e. The summed E-state index contributed by atoms with van der Waals surface area (Å²) in [5, 5.41) is 3.72. The number of nitrogens with one attached hydrogen (secondary N) is 1. The second kappa shape index (κ2) is 11.8. The molecule has 2 aromatic carbocycles. The monoisotopic (exact) mass is 589 g/mol. The van der Waals surface area contributed by atoms with Gasteiger partial charge in [0.05, 0.1) is 17.3 Å². The van der Waals surface area contributed by atoms with Gasteiger partial charge in [0, 0.05) is 53.8 Å². The molecule has 4 aromatic rings. The Morgan fingerprint density at radius 2 is 1.73 bits per heavy atom. The summed E-state index contributed by atoms with van der Waals surface area (Å²) in [6, 6.07) is 9.24. The van der Waals surface area contributed by atoms with Crippen molar-refractivity contribution in [1.82, 2.24) is 19.9 Å². The van der Waals surface area contributed by atoms with Crippen LogP contribution in [0.4, 0.5) is 27.8 Å². The number of nitrogens with zero attached hydrogens (tertiary/aromatic N) is 4. The Labute approximate surface area is 237 Å². The lowest BCUT2D eigenvalue weighted by Gasteiger charge is -2.37. The van der Waals surface area contributed by atoms with Crippen LogP contribution in [0.1, 0.15) is 25.8 Å². The predicted molar refractivity (Wildman–Crippen MR) is 150 cm³/mol. The highest BCUT2D eigenvalue weighted by Crippen LogP contribution is 2.48. The minimum absolute atomic E-state index is 0.0146. The Morgan fingerprint density at radius 3 is 2.32 bits per heavy atom. The number of aryl methyl sites for hydroxylation is 1. The lowest BCUT2D eigenvalue weighted by atomic mass is 9.96. The molecule has 0 radical (unpaired) electrons. The number of aromatic nitrogens is 3. The molecule has 6 rings (SSSR count). The van der Waals surface area contributed by atoms with Gasteiger partial charge < -0.3 is 10.2 Å². The van der Waals surface area contributed by atoms with Crippen LogP contribution < -0.4 is 15.9 Å². The molecule has 216 valence electrons. The normalized spacial score (nSPS) is 19.0. The van der Waals surface area contributed by atoms with E-state index in [4.69, 9.17) is 0 Å². The smallest absolute Gasteiger partial charge is 0.353 e. The number of piperazine rings is 1. The van der Waals surface area contributed by atoms with E-state index in [0.29, 0.717) is 47.6 Å². The third-order valence-electron chi connectivity index (χ3n) is 6.89. The molecule has 6 nitrogen and oxygen atoms in total. The maximum atomic E-state index is 14.5. The van der Waals surface area contributed by atoms with E-state index in [1.807, 2.05) is 18.7 Å². The van der Waals surface area contributed by atoms with Crippen molar-refractivity contribution in [2.75, 3.05) is 23.7 Å². The van der Waals surface area contributed by atoms with Gasteiger partial charge >= 0.3 is 11.9 Å². The Bertz CT molecular complexity index is 1580. The zero-order chi connectivity index (χ0) is 29.3. The van der Waals surface area contributed by atoms with Gasteiger partial charge in [0.15, 0.2) is 0 Å². The molecule has 0 aliphatic carbocycles. The van der Waals surface area contributed by atoms with Gasteiger partial charge in [0.2, 0.25) is 0 Å². The fourth-order valence-corrected chi connectivity index (χ4v) is 6.55. The summed E-state index contributed by atoms with van der Waals surface area (Å²) in [6.45, 7) is 5.43. The first kappa shape index (κ1) is 29.0. The van der Waals surface area contributed by atoms with Crippen molar-refractivity contribution in [3.63, 3.8) is 0 Å². The standard InChI is InChI=1S/C24H24F4N4OS.C5H4FN/c1-13-11-31(12-14(2)29-13)22-17-10-18(24(26,27)28)19(15-4-6-16(25)7-5-15)21-20(17)32(23(33)30-22)8-3-9-34-21;6-5-2-1-3-7-4-5/h4-7,10,13-14,29H,3,8-9,11-12H2,1-2H3;1-4H.